The molecule has 0 fully saturated rings. The largest absolute Gasteiger partial charge is 0.394 e. The molecule has 2 aromatic rings. The molecule has 0 amide bonds. The second kappa shape index (κ2) is 6.28. The van der Waals surface area contributed by atoms with E-state index in [1.54, 1.807) is 11.7 Å². The highest BCUT2D eigenvalue weighted by Gasteiger charge is 2.17. The van der Waals surface area contributed by atoms with E-state index in [-0.39, 0.29) is 12.2 Å². The second-order valence-corrected chi connectivity index (χ2v) is 4.83. The highest BCUT2D eigenvalue weighted by Crippen LogP contribution is 2.20. The van der Waals surface area contributed by atoms with Gasteiger partial charge < -0.3 is 10.4 Å². The minimum atomic E-state index is -1.52. The van der Waals surface area contributed by atoms with Gasteiger partial charge in [0.25, 0.3) is 0 Å². The molecule has 21 heavy (non-hydrogen) atoms. The fourth-order valence-electron chi connectivity index (χ4n) is 2.12. The van der Waals surface area contributed by atoms with Crippen molar-refractivity contribution in [3.05, 3.63) is 52.6 Å². The molecule has 7 heteroatoms. The van der Waals surface area contributed by atoms with Gasteiger partial charge in [0.1, 0.15) is 0 Å². The molecule has 1 aromatic carbocycles. The lowest BCUT2D eigenvalue weighted by Crippen LogP contribution is -2.24. The fraction of sp³-hybridized carbons (Fsp3) is 0.357. The van der Waals surface area contributed by atoms with Crippen LogP contribution < -0.4 is 5.32 Å². The number of nitrogens with zero attached hydrogens (tertiary/aromatic N) is 2. The zero-order valence-corrected chi connectivity index (χ0v) is 11.7. The molecule has 0 spiro atoms. The van der Waals surface area contributed by atoms with Gasteiger partial charge in [-0.25, -0.2) is 13.2 Å². The highest BCUT2D eigenvalue weighted by molar-refractivity contribution is 5.23. The number of benzene rings is 1. The number of aryl methyl sites for hydroxylation is 2. The monoisotopic (exact) mass is 299 g/mol. The van der Waals surface area contributed by atoms with Crippen LogP contribution in [0.15, 0.2) is 18.3 Å². The number of aliphatic hydroxyl groups excluding tert-OH is 1. The van der Waals surface area contributed by atoms with Crippen molar-refractivity contribution in [1.29, 1.82) is 0 Å². The Morgan fingerprint density at radius 1 is 1.29 bits per heavy atom. The first-order valence-electron chi connectivity index (χ1n) is 6.40. The van der Waals surface area contributed by atoms with Crippen LogP contribution in [0.2, 0.25) is 0 Å². The molecule has 4 nitrogen and oxygen atoms in total. The number of hydrogen-bond acceptors (Lipinski definition) is 3. The van der Waals surface area contributed by atoms with Gasteiger partial charge in [-0.2, -0.15) is 5.10 Å². The van der Waals surface area contributed by atoms with Gasteiger partial charge in [0.15, 0.2) is 17.5 Å². The van der Waals surface area contributed by atoms with Crippen molar-refractivity contribution < 1.29 is 18.3 Å². The Morgan fingerprint density at radius 3 is 2.38 bits per heavy atom. The van der Waals surface area contributed by atoms with Gasteiger partial charge in [0.2, 0.25) is 0 Å². The zero-order valence-electron chi connectivity index (χ0n) is 11.7. The maximum absolute atomic E-state index is 13.2. The Balaban J connectivity index is 2.15. The summed E-state index contributed by atoms with van der Waals surface area (Å²) < 4.78 is 41.1. The van der Waals surface area contributed by atoms with Gasteiger partial charge in [-0.3, -0.25) is 4.68 Å². The molecule has 0 bridgehead atoms. The van der Waals surface area contributed by atoms with E-state index >= 15 is 0 Å². The van der Waals surface area contributed by atoms with Crippen LogP contribution in [-0.2, 0) is 13.6 Å². The van der Waals surface area contributed by atoms with Crippen LogP contribution in [-0.4, -0.2) is 21.5 Å². The number of halogens is 3. The van der Waals surface area contributed by atoms with Crippen LogP contribution in [0.25, 0.3) is 0 Å². The molecular weight excluding hydrogens is 283 g/mol. The molecule has 2 N–H and O–H groups in total. The van der Waals surface area contributed by atoms with Crippen molar-refractivity contribution in [2.24, 2.45) is 7.05 Å². The zero-order chi connectivity index (χ0) is 15.6. The van der Waals surface area contributed by atoms with Gasteiger partial charge in [-0.1, -0.05) is 0 Å². The molecule has 2 rings (SSSR count). The van der Waals surface area contributed by atoms with E-state index in [4.69, 9.17) is 0 Å². The maximum atomic E-state index is 13.2. The van der Waals surface area contributed by atoms with E-state index in [2.05, 4.69) is 10.4 Å². The number of aliphatic hydroxyl groups is 1. The molecule has 0 saturated heterocycles. The van der Waals surface area contributed by atoms with Crippen LogP contribution in [0, 0.1) is 24.4 Å². The second-order valence-electron chi connectivity index (χ2n) is 4.83. The Bertz CT molecular complexity index is 619. The Hall–Kier alpha value is -1.86. The van der Waals surface area contributed by atoms with Crippen LogP contribution in [0.3, 0.4) is 0 Å². The third-order valence-corrected chi connectivity index (χ3v) is 3.25. The molecule has 0 aliphatic rings. The molecule has 1 heterocycles. The van der Waals surface area contributed by atoms with Gasteiger partial charge in [0.05, 0.1) is 18.3 Å². The lowest BCUT2D eigenvalue weighted by molar-refractivity contribution is 0.242. The normalized spacial score (nSPS) is 12.7. The third-order valence-electron chi connectivity index (χ3n) is 3.25. The summed E-state index contributed by atoms with van der Waals surface area (Å²) >= 11 is 0. The first-order valence-corrected chi connectivity index (χ1v) is 6.40. The summed E-state index contributed by atoms with van der Waals surface area (Å²) in [5, 5.41) is 16.5. The molecule has 1 aromatic heterocycles. The Labute approximate surface area is 120 Å². The molecule has 1 atom stereocenters. The van der Waals surface area contributed by atoms with Gasteiger partial charge >= 0.3 is 0 Å². The number of hydrogen-bond donors (Lipinski definition) is 2. The molecular formula is C14H16F3N3O. The summed E-state index contributed by atoms with van der Waals surface area (Å²) in [7, 11) is 1.78. The van der Waals surface area contributed by atoms with Crippen LogP contribution in [0.1, 0.15) is 22.9 Å². The van der Waals surface area contributed by atoms with Crippen LogP contribution in [0.4, 0.5) is 13.2 Å². The van der Waals surface area contributed by atoms with E-state index < -0.39 is 23.5 Å². The van der Waals surface area contributed by atoms with E-state index in [1.165, 1.54) is 0 Å². The Morgan fingerprint density at radius 2 is 1.90 bits per heavy atom. The average molecular weight is 299 g/mol. The lowest BCUT2D eigenvalue weighted by Gasteiger charge is -2.17. The smallest absolute Gasteiger partial charge is 0.194 e. The predicted molar refractivity (Wildman–Crippen MR) is 70.9 cm³/mol. The molecule has 1 unspecified atom stereocenters. The lowest BCUT2D eigenvalue weighted by atomic mass is 10.1. The summed E-state index contributed by atoms with van der Waals surface area (Å²) in [6.07, 6.45) is 1.81. The number of nitrogens with one attached hydrogen (secondary N) is 1. The van der Waals surface area contributed by atoms with E-state index in [0.717, 1.165) is 23.4 Å². The third kappa shape index (κ3) is 3.43. The summed E-state index contributed by atoms with van der Waals surface area (Å²) in [6, 6.07) is 1.05. The highest BCUT2D eigenvalue weighted by atomic mass is 19.2. The van der Waals surface area contributed by atoms with Crippen molar-refractivity contribution in [3.63, 3.8) is 0 Å². The van der Waals surface area contributed by atoms with E-state index in [1.807, 2.05) is 13.1 Å². The standard InChI is InChI=1S/C14H16F3N3O/c1-8-10(6-20(2)19-8)5-18-13(7-21)9-3-11(15)14(17)12(16)4-9/h3-4,6,13,18,21H,5,7H2,1-2H3. The number of rotatable bonds is 5. The molecule has 0 aliphatic heterocycles. The Kier molecular flexibility index (Phi) is 4.64. The first kappa shape index (κ1) is 15.5. The van der Waals surface area contributed by atoms with Gasteiger partial charge in [0, 0.05) is 25.4 Å². The summed E-state index contributed by atoms with van der Waals surface area (Å²) in [5.74, 6) is -4.07. The van der Waals surface area contributed by atoms with Gasteiger partial charge in [-0.05, 0) is 24.6 Å². The summed E-state index contributed by atoms with van der Waals surface area (Å²) in [4.78, 5) is 0. The van der Waals surface area contributed by atoms with Crippen molar-refractivity contribution in [1.82, 2.24) is 15.1 Å². The maximum Gasteiger partial charge on any atom is 0.194 e. The summed E-state index contributed by atoms with van der Waals surface area (Å²) in [5.41, 5.74) is 1.87. The van der Waals surface area contributed by atoms with E-state index in [9.17, 15) is 18.3 Å². The SMILES string of the molecule is Cc1nn(C)cc1CNC(CO)c1cc(F)c(F)c(F)c1. The van der Waals surface area contributed by atoms with Crippen molar-refractivity contribution in [3.8, 4) is 0 Å². The molecule has 114 valence electrons. The molecule has 0 saturated carbocycles. The van der Waals surface area contributed by atoms with E-state index in [0.29, 0.717) is 6.54 Å². The predicted octanol–water partition coefficient (Wildman–Crippen LogP) is 1.97. The van der Waals surface area contributed by atoms with Gasteiger partial charge in [-0.15, -0.1) is 0 Å². The topological polar surface area (TPSA) is 50.1 Å². The quantitative estimate of drug-likeness (QED) is 0.830. The molecule has 0 aliphatic carbocycles. The minimum absolute atomic E-state index is 0.149. The van der Waals surface area contributed by atoms with Crippen LogP contribution >= 0.6 is 0 Å². The van der Waals surface area contributed by atoms with Crippen LogP contribution in [0.5, 0.6) is 0 Å². The minimum Gasteiger partial charge on any atom is -0.394 e. The first-order chi connectivity index (χ1) is 9.92. The van der Waals surface area contributed by atoms with Crippen molar-refractivity contribution in [2.75, 3.05) is 6.61 Å². The number of aromatic nitrogens is 2. The summed E-state index contributed by atoms with van der Waals surface area (Å²) in [6.45, 7) is 1.83. The average Bonchev–Trinajstić information content (AvgIpc) is 2.75. The molecule has 0 radical (unpaired) electrons. The van der Waals surface area contributed by atoms with Crippen molar-refractivity contribution >= 4 is 0 Å². The van der Waals surface area contributed by atoms with Crippen molar-refractivity contribution in [2.45, 2.75) is 19.5 Å². The fourth-order valence-corrected chi connectivity index (χ4v) is 2.12.